The number of carbonyl (C=O) groups is 1. The predicted molar refractivity (Wildman–Crippen MR) is 113 cm³/mol. The first-order valence-corrected chi connectivity index (χ1v) is 9.98. The molecule has 0 aliphatic carbocycles. The molecule has 1 aliphatic rings. The van der Waals surface area contributed by atoms with E-state index in [1.807, 2.05) is 47.5 Å². The van der Waals surface area contributed by atoms with Gasteiger partial charge in [-0.05, 0) is 30.3 Å². The van der Waals surface area contributed by atoms with Crippen LogP contribution in [-0.4, -0.2) is 54.2 Å². The first-order valence-electron chi connectivity index (χ1n) is 9.19. The third-order valence-electron chi connectivity index (χ3n) is 5.30. The fraction of sp³-hybridized carbons (Fsp3) is 0.286. The Morgan fingerprint density at radius 2 is 1.96 bits per heavy atom. The van der Waals surface area contributed by atoms with Crippen LogP contribution in [0.3, 0.4) is 0 Å². The van der Waals surface area contributed by atoms with Gasteiger partial charge in [-0.2, -0.15) is 0 Å². The van der Waals surface area contributed by atoms with Crippen molar-refractivity contribution in [3.63, 3.8) is 0 Å². The van der Waals surface area contributed by atoms with E-state index in [2.05, 4.69) is 31.9 Å². The minimum Gasteiger partial charge on any atom is -0.497 e. The van der Waals surface area contributed by atoms with Crippen LogP contribution in [0.1, 0.15) is 11.6 Å². The van der Waals surface area contributed by atoms with Gasteiger partial charge in [0.1, 0.15) is 11.8 Å². The van der Waals surface area contributed by atoms with Crippen molar-refractivity contribution in [3.8, 4) is 5.75 Å². The zero-order valence-corrected chi connectivity index (χ0v) is 17.1. The van der Waals surface area contributed by atoms with Gasteiger partial charge < -0.3 is 19.7 Å². The molecule has 1 fully saturated rings. The number of anilines is 1. The largest absolute Gasteiger partial charge is 0.497 e. The van der Waals surface area contributed by atoms with Gasteiger partial charge in [0.2, 0.25) is 0 Å². The summed E-state index contributed by atoms with van der Waals surface area (Å²) in [4.78, 5) is 19.7. The van der Waals surface area contributed by atoms with Gasteiger partial charge in [0, 0.05) is 65.1 Å². The lowest BCUT2D eigenvalue weighted by molar-refractivity contribution is -0.143. The minimum absolute atomic E-state index is 0.671. The number of ether oxygens (including phenoxy) is 1. The average Bonchev–Trinajstić information content (AvgIpc) is 3.11. The highest BCUT2D eigenvalue weighted by Crippen LogP contribution is 2.32. The van der Waals surface area contributed by atoms with Crippen LogP contribution in [0.2, 0.25) is 0 Å². The number of fused-ring (bicyclic) bond motifs is 1. The van der Waals surface area contributed by atoms with Crippen LogP contribution < -0.4 is 9.64 Å². The Labute approximate surface area is 171 Å². The molecule has 2 aromatic carbocycles. The van der Waals surface area contributed by atoms with E-state index in [4.69, 9.17) is 4.74 Å². The molecule has 1 saturated heterocycles. The number of rotatable bonds is 5. The number of benzene rings is 2. The molecule has 7 heteroatoms. The Morgan fingerprint density at radius 1 is 1.18 bits per heavy atom. The number of piperazine rings is 1. The van der Waals surface area contributed by atoms with Crippen molar-refractivity contribution < 1.29 is 14.6 Å². The Morgan fingerprint density at radius 3 is 2.68 bits per heavy atom. The van der Waals surface area contributed by atoms with E-state index < -0.39 is 12.0 Å². The van der Waals surface area contributed by atoms with Crippen LogP contribution in [-0.2, 0) is 4.79 Å². The third-order valence-corrected chi connectivity index (χ3v) is 5.80. The van der Waals surface area contributed by atoms with Gasteiger partial charge in [-0.25, -0.2) is 0 Å². The molecule has 1 atom stereocenters. The summed E-state index contributed by atoms with van der Waals surface area (Å²) in [6.07, 6.45) is 1.82. The molecule has 6 nitrogen and oxygen atoms in total. The number of aliphatic carboxylic acids is 1. The third kappa shape index (κ3) is 3.59. The minimum atomic E-state index is -0.823. The molecule has 146 valence electrons. The monoisotopic (exact) mass is 443 g/mol. The summed E-state index contributed by atoms with van der Waals surface area (Å²) >= 11 is 3.49. The van der Waals surface area contributed by atoms with Crippen LogP contribution in [0.15, 0.2) is 53.1 Å². The van der Waals surface area contributed by atoms with Crippen molar-refractivity contribution in [1.82, 2.24) is 9.88 Å². The van der Waals surface area contributed by atoms with Crippen molar-refractivity contribution in [1.29, 1.82) is 0 Å². The van der Waals surface area contributed by atoms with Crippen molar-refractivity contribution >= 4 is 38.5 Å². The van der Waals surface area contributed by atoms with E-state index in [9.17, 15) is 9.90 Å². The van der Waals surface area contributed by atoms with Crippen molar-refractivity contribution in [2.75, 3.05) is 38.2 Å². The number of nitrogens with zero attached hydrogens (tertiary/aromatic N) is 2. The lowest BCUT2D eigenvalue weighted by atomic mass is 10.0. The van der Waals surface area contributed by atoms with Crippen LogP contribution >= 0.6 is 15.9 Å². The van der Waals surface area contributed by atoms with Gasteiger partial charge in [0.05, 0.1) is 7.11 Å². The summed E-state index contributed by atoms with van der Waals surface area (Å²) in [5.74, 6) is 0.00316. The predicted octanol–water partition coefficient (Wildman–Crippen LogP) is 3.89. The SMILES string of the molecule is COc1cccc(N2CCN(C(C(=O)O)c3c[nH]c4ccc(Br)cc34)CC2)c1. The molecule has 0 spiro atoms. The molecule has 0 amide bonds. The number of methoxy groups -OCH3 is 1. The molecule has 1 unspecified atom stereocenters. The number of aromatic amines is 1. The Bertz CT molecular complexity index is 995. The second-order valence-electron chi connectivity index (χ2n) is 6.90. The first-order chi connectivity index (χ1) is 13.6. The lowest BCUT2D eigenvalue weighted by Crippen LogP contribution is -2.49. The van der Waals surface area contributed by atoms with Crippen LogP contribution in [0.4, 0.5) is 5.69 Å². The van der Waals surface area contributed by atoms with Gasteiger partial charge in [-0.3, -0.25) is 9.69 Å². The fourth-order valence-corrected chi connectivity index (χ4v) is 4.23. The second-order valence-corrected chi connectivity index (χ2v) is 7.81. The van der Waals surface area contributed by atoms with E-state index in [0.29, 0.717) is 13.1 Å². The Balaban J connectivity index is 1.55. The van der Waals surface area contributed by atoms with Gasteiger partial charge >= 0.3 is 5.97 Å². The highest BCUT2D eigenvalue weighted by atomic mass is 79.9. The molecule has 4 rings (SSSR count). The number of nitrogens with one attached hydrogen (secondary N) is 1. The number of halogens is 1. The van der Waals surface area contributed by atoms with E-state index in [0.717, 1.165) is 45.5 Å². The van der Waals surface area contributed by atoms with Gasteiger partial charge in [-0.15, -0.1) is 0 Å². The number of carboxylic acids is 1. The number of aromatic nitrogens is 1. The van der Waals surface area contributed by atoms with Gasteiger partial charge in [0.25, 0.3) is 0 Å². The zero-order valence-electron chi connectivity index (χ0n) is 15.6. The number of hydrogen-bond donors (Lipinski definition) is 2. The molecule has 1 aromatic heterocycles. The highest BCUT2D eigenvalue weighted by Gasteiger charge is 2.32. The smallest absolute Gasteiger partial charge is 0.325 e. The number of H-pyrrole nitrogens is 1. The first kappa shape index (κ1) is 18.8. The van der Waals surface area contributed by atoms with Crippen LogP contribution in [0.25, 0.3) is 10.9 Å². The standard InChI is InChI=1S/C21H22BrN3O3/c1-28-16-4-2-3-15(12-16)24-7-9-25(10-8-24)20(21(26)27)18-13-23-19-6-5-14(22)11-17(18)19/h2-6,11-13,20,23H,7-10H2,1H3,(H,26,27). The molecular formula is C21H22BrN3O3. The zero-order chi connectivity index (χ0) is 19.7. The molecule has 0 radical (unpaired) electrons. The van der Waals surface area contributed by atoms with E-state index in [1.54, 1.807) is 7.11 Å². The van der Waals surface area contributed by atoms with Gasteiger partial charge in [0.15, 0.2) is 0 Å². The normalized spacial score (nSPS) is 16.3. The van der Waals surface area contributed by atoms with Crippen LogP contribution in [0.5, 0.6) is 5.75 Å². The molecule has 28 heavy (non-hydrogen) atoms. The fourth-order valence-electron chi connectivity index (χ4n) is 3.87. The molecule has 0 bridgehead atoms. The van der Waals surface area contributed by atoms with Crippen molar-refractivity contribution in [2.24, 2.45) is 0 Å². The molecule has 2 heterocycles. The molecule has 2 N–H and O–H groups in total. The lowest BCUT2D eigenvalue weighted by Gasteiger charge is -2.38. The average molecular weight is 444 g/mol. The maximum absolute atomic E-state index is 12.2. The summed E-state index contributed by atoms with van der Waals surface area (Å²) in [5, 5.41) is 10.9. The molecule has 3 aromatic rings. The number of carboxylic acid groups (broad SMARTS) is 1. The maximum Gasteiger partial charge on any atom is 0.325 e. The molecule has 1 aliphatic heterocycles. The summed E-state index contributed by atoms with van der Waals surface area (Å²) in [7, 11) is 1.66. The van der Waals surface area contributed by atoms with E-state index >= 15 is 0 Å². The quantitative estimate of drug-likeness (QED) is 0.625. The Kier molecular flexibility index (Phi) is 5.28. The van der Waals surface area contributed by atoms with Crippen LogP contribution in [0, 0.1) is 0 Å². The number of hydrogen-bond acceptors (Lipinski definition) is 4. The molecular weight excluding hydrogens is 422 g/mol. The second kappa shape index (κ2) is 7.85. The topological polar surface area (TPSA) is 68.8 Å². The Hall–Kier alpha value is -2.51. The van der Waals surface area contributed by atoms with E-state index in [1.165, 1.54) is 0 Å². The molecule has 0 saturated carbocycles. The van der Waals surface area contributed by atoms with E-state index in [-0.39, 0.29) is 0 Å². The van der Waals surface area contributed by atoms with Crippen molar-refractivity contribution in [2.45, 2.75) is 6.04 Å². The summed E-state index contributed by atoms with van der Waals surface area (Å²) in [5.41, 5.74) is 2.85. The van der Waals surface area contributed by atoms with Crippen molar-refractivity contribution in [3.05, 3.63) is 58.7 Å². The summed E-state index contributed by atoms with van der Waals surface area (Å²) in [6, 6.07) is 13.2. The summed E-state index contributed by atoms with van der Waals surface area (Å²) in [6.45, 7) is 2.88. The highest BCUT2D eigenvalue weighted by molar-refractivity contribution is 9.10. The summed E-state index contributed by atoms with van der Waals surface area (Å²) < 4.78 is 6.25. The maximum atomic E-state index is 12.2. The van der Waals surface area contributed by atoms with Gasteiger partial charge in [-0.1, -0.05) is 22.0 Å².